The largest absolute Gasteiger partial charge is 0.492 e. The molecule has 0 N–H and O–H groups in total. The number of rotatable bonds is 14. The first kappa shape index (κ1) is 31.7. The molecule has 4 heterocycles. The second-order valence-corrected chi connectivity index (χ2v) is 13.0. The number of nitrogens with zero attached hydrogens (tertiary/aromatic N) is 3. The molecule has 3 aliphatic rings. The summed E-state index contributed by atoms with van der Waals surface area (Å²) in [6.45, 7) is 11.6. The van der Waals surface area contributed by atoms with Gasteiger partial charge < -0.3 is 18.6 Å². The van der Waals surface area contributed by atoms with E-state index in [0.717, 1.165) is 92.5 Å². The number of hydrogen-bond donors (Lipinski definition) is 0. The molecule has 248 valence electrons. The van der Waals surface area contributed by atoms with Crippen LogP contribution in [-0.4, -0.2) is 93.4 Å². The fourth-order valence-electron chi connectivity index (χ4n) is 7.17. The van der Waals surface area contributed by atoms with E-state index < -0.39 is 0 Å². The van der Waals surface area contributed by atoms with E-state index in [2.05, 4.69) is 14.7 Å². The Balaban J connectivity index is 1.14. The summed E-state index contributed by atoms with van der Waals surface area (Å²) in [7, 11) is 0. The van der Waals surface area contributed by atoms with Gasteiger partial charge in [-0.1, -0.05) is 24.3 Å². The van der Waals surface area contributed by atoms with Crippen LogP contribution in [0.5, 0.6) is 17.2 Å². The second-order valence-electron chi connectivity index (χ2n) is 13.0. The molecule has 47 heavy (non-hydrogen) atoms. The Kier molecular flexibility index (Phi) is 10.4. The fraction of sp³-hybridized carbons (Fsp3) is 0.462. The summed E-state index contributed by atoms with van der Waals surface area (Å²) < 4.78 is 24.2. The normalized spacial score (nSPS) is 17.5. The molecule has 3 aliphatic heterocycles. The average Bonchev–Trinajstić information content (AvgIpc) is 3.91. The van der Waals surface area contributed by atoms with E-state index in [4.69, 9.17) is 18.6 Å². The van der Waals surface area contributed by atoms with Crippen LogP contribution in [0.25, 0.3) is 33.2 Å². The van der Waals surface area contributed by atoms with Gasteiger partial charge in [0.15, 0.2) is 0 Å². The molecule has 0 spiro atoms. The predicted molar refractivity (Wildman–Crippen MR) is 187 cm³/mol. The summed E-state index contributed by atoms with van der Waals surface area (Å²) in [6.07, 6.45) is 7.60. The summed E-state index contributed by atoms with van der Waals surface area (Å²) in [5.74, 6) is 2.33. The van der Waals surface area contributed by atoms with Crippen molar-refractivity contribution in [1.29, 1.82) is 0 Å². The maximum absolute atomic E-state index is 13.8. The number of hydrogen-bond acceptors (Lipinski definition) is 8. The number of benzene rings is 3. The van der Waals surface area contributed by atoms with E-state index in [0.29, 0.717) is 36.7 Å². The molecule has 0 atom stereocenters. The lowest BCUT2D eigenvalue weighted by Crippen LogP contribution is -2.25. The van der Waals surface area contributed by atoms with Gasteiger partial charge in [0.1, 0.15) is 42.7 Å². The minimum absolute atomic E-state index is 0.379. The molecule has 0 saturated carbocycles. The second kappa shape index (κ2) is 15.4. The zero-order valence-electron chi connectivity index (χ0n) is 27.5. The highest BCUT2D eigenvalue weighted by Crippen LogP contribution is 2.38. The quantitative estimate of drug-likeness (QED) is 0.144. The van der Waals surface area contributed by atoms with Gasteiger partial charge in [-0.3, -0.25) is 14.7 Å². The van der Waals surface area contributed by atoms with Crippen molar-refractivity contribution in [2.24, 2.45) is 0 Å². The zero-order valence-corrected chi connectivity index (χ0v) is 27.5. The first-order valence-electron chi connectivity index (χ1n) is 17.6. The van der Waals surface area contributed by atoms with Gasteiger partial charge in [0.25, 0.3) is 0 Å². The van der Waals surface area contributed by atoms with E-state index in [1.165, 1.54) is 38.5 Å². The van der Waals surface area contributed by atoms with Crippen molar-refractivity contribution in [2.75, 3.05) is 78.7 Å². The number of ether oxygens (including phenoxy) is 3. The molecule has 3 fully saturated rings. The first-order chi connectivity index (χ1) is 23.2. The van der Waals surface area contributed by atoms with Crippen LogP contribution in [0.2, 0.25) is 0 Å². The van der Waals surface area contributed by atoms with E-state index >= 15 is 0 Å². The molecule has 0 aliphatic carbocycles. The molecule has 0 unspecified atom stereocenters. The van der Waals surface area contributed by atoms with Crippen molar-refractivity contribution in [3.63, 3.8) is 0 Å². The topological polar surface area (TPSA) is 67.6 Å². The molecule has 0 radical (unpaired) electrons. The summed E-state index contributed by atoms with van der Waals surface area (Å²) in [5.41, 5.74) is 3.23. The van der Waals surface area contributed by atoms with Crippen molar-refractivity contribution < 1.29 is 18.6 Å². The highest BCUT2D eigenvalue weighted by atomic mass is 16.5. The maximum atomic E-state index is 13.8. The lowest BCUT2D eigenvalue weighted by Gasteiger charge is -2.17. The van der Waals surface area contributed by atoms with Gasteiger partial charge >= 0.3 is 5.63 Å². The van der Waals surface area contributed by atoms with Crippen LogP contribution in [0.1, 0.15) is 38.5 Å². The average molecular weight is 638 g/mol. The van der Waals surface area contributed by atoms with Crippen LogP contribution in [0.15, 0.2) is 75.9 Å². The van der Waals surface area contributed by atoms with Crippen LogP contribution in [0.3, 0.4) is 0 Å². The van der Waals surface area contributed by atoms with Gasteiger partial charge in [-0.25, -0.2) is 4.79 Å². The molecule has 3 aromatic carbocycles. The molecule has 4 aromatic rings. The van der Waals surface area contributed by atoms with Crippen LogP contribution in [-0.2, 0) is 0 Å². The summed E-state index contributed by atoms with van der Waals surface area (Å²) in [5, 5.41) is 0.861. The minimum Gasteiger partial charge on any atom is -0.492 e. The van der Waals surface area contributed by atoms with Crippen LogP contribution >= 0.6 is 0 Å². The van der Waals surface area contributed by atoms with Crippen LogP contribution in [0.4, 0.5) is 0 Å². The lowest BCUT2D eigenvalue weighted by atomic mass is 9.93. The third-order valence-electron chi connectivity index (χ3n) is 9.79. The Bertz CT molecular complexity index is 1650. The van der Waals surface area contributed by atoms with Gasteiger partial charge in [0, 0.05) is 36.7 Å². The van der Waals surface area contributed by atoms with E-state index in [-0.39, 0.29) is 5.63 Å². The monoisotopic (exact) mass is 637 g/mol. The van der Waals surface area contributed by atoms with Gasteiger partial charge in [0.05, 0.1) is 5.56 Å². The standard InChI is InChI=1S/C39H47N3O5/c43-39-38(31-9-13-33(14-10-31)45-27-24-41-19-3-4-20-41)37(30-7-11-32(12-8-30)44-26-23-40-17-1-2-18-40)35-16-15-34(29-36(35)47-39)46-28-25-42-21-5-6-22-42/h7-16,29H,1-6,17-28H2. The van der Waals surface area contributed by atoms with Crippen LogP contribution in [0, 0.1) is 0 Å². The molecule has 7 rings (SSSR count). The highest BCUT2D eigenvalue weighted by molar-refractivity contribution is 6.01. The Labute approximate surface area is 277 Å². The molecule has 0 amide bonds. The summed E-state index contributed by atoms with van der Waals surface area (Å²) in [4.78, 5) is 21.1. The Hall–Kier alpha value is -3.85. The van der Waals surface area contributed by atoms with Gasteiger partial charge in [-0.2, -0.15) is 0 Å². The first-order valence-corrected chi connectivity index (χ1v) is 17.6. The number of likely N-dealkylation sites (tertiary alicyclic amines) is 3. The third kappa shape index (κ3) is 8.00. The summed E-state index contributed by atoms with van der Waals surface area (Å²) in [6, 6.07) is 21.7. The number of fused-ring (bicyclic) bond motifs is 1. The molecule has 8 nitrogen and oxygen atoms in total. The van der Waals surface area contributed by atoms with Gasteiger partial charge in [0.2, 0.25) is 0 Å². The molecular formula is C39H47N3O5. The SMILES string of the molecule is O=c1oc2cc(OCCN3CCCC3)ccc2c(-c2ccc(OCCN3CCCC3)cc2)c1-c1ccc(OCCN2CCCC2)cc1. The van der Waals surface area contributed by atoms with Crippen molar-refractivity contribution in [1.82, 2.24) is 14.7 Å². The van der Waals surface area contributed by atoms with Gasteiger partial charge in [-0.05, 0) is 125 Å². The Morgan fingerprint density at radius 1 is 0.511 bits per heavy atom. The fourth-order valence-corrected chi connectivity index (χ4v) is 7.17. The predicted octanol–water partition coefficient (Wildman–Crippen LogP) is 6.55. The Morgan fingerprint density at radius 2 is 0.915 bits per heavy atom. The van der Waals surface area contributed by atoms with E-state index in [1.807, 2.05) is 66.7 Å². The van der Waals surface area contributed by atoms with E-state index in [1.54, 1.807) is 0 Å². The molecule has 0 bridgehead atoms. The van der Waals surface area contributed by atoms with E-state index in [9.17, 15) is 4.79 Å². The van der Waals surface area contributed by atoms with Crippen molar-refractivity contribution >= 4 is 11.0 Å². The molecule has 3 saturated heterocycles. The molecule has 8 heteroatoms. The summed E-state index contributed by atoms with van der Waals surface area (Å²) >= 11 is 0. The molecule has 1 aromatic heterocycles. The van der Waals surface area contributed by atoms with Gasteiger partial charge in [-0.15, -0.1) is 0 Å². The molecular weight excluding hydrogens is 590 g/mol. The van der Waals surface area contributed by atoms with Crippen molar-refractivity contribution in [2.45, 2.75) is 38.5 Å². The van der Waals surface area contributed by atoms with Crippen molar-refractivity contribution in [3.8, 4) is 39.5 Å². The van der Waals surface area contributed by atoms with Crippen LogP contribution < -0.4 is 19.8 Å². The zero-order chi connectivity index (χ0) is 31.8. The van der Waals surface area contributed by atoms with Crippen molar-refractivity contribution in [3.05, 3.63) is 77.2 Å². The maximum Gasteiger partial charge on any atom is 0.344 e. The minimum atomic E-state index is -0.379. The lowest BCUT2D eigenvalue weighted by molar-refractivity contribution is 0.237. The Morgan fingerprint density at radius 3 is 1.38 bits per heavy atom. The smallest absolute Gasteiger partial charge is 0.344 e. The third-order valence-corrected chi connectivity index (χ3v) is 9.79. The highest BCUT2D eigenvalue weighted by Gasteiger charge is 2.20.